The second-order valence-corrected chi connectivity index (χ2v) is 10.6. The number of aryl methyl sites for hydroxylation is 1. The van der Waals surface area contributed by atoms with Crippen molar-refractivity contribution < 1.29 is 18.0 Å². The first-order chi connectivity index (χ1) is 16.1. The summed E-state index contributed by atoms with van der Waals surface area (Å²) in [5.41, 5.74) is 2.17. The van der Waals surface area contributed by atoms with E-state index in [1.165, 1.54) is 9.21 Å². The Bertz CT molecular complexity index is 1090. The number of sulfonamides is 1. The Hall–Kier alpha value is -2.58. The van der Waals surface area contributed by atoms with E-state index in [-0.39, 0.29) is 31.3 Å². The first kappa shape index (κ1) is 27.7. The van der Waals surface area contributed by atoms with Gasteiger partial charge in [-0.1, -0.05) is 54.9 Å². The molecule has 0 heterocycles. The summed E-state index contributed by atoms with van der Waals surface area (Å²) in [7, 11) is -3.53. The fourth-order valence-electron chi connectivity index (χ4n) is 3.61. The van der Waals surface area contributed by atoms with Gasteiger partial charge in [0.2, 0.25) is 21.8 Å². The van der Waals surface area contributed by atoms with E-state index in [0.29, 0.717) is 23.7 Å². The van der Waals surface area contributed by atoms with E-state index in [4.69, 9.17) is 11.6 Å². The van der Waals surface area contributed by atoms with Crippen LogP contribution in [0.25, 0.3) is 0 Å². The molecule has 9 heteroatoms. The van der Waals surface area contributed by atoms with Crippen LogP contribution in [-0.4, -0.2) is 50.5 Å². The van der Waals surface area contributed by atoms with Gasteiger partial charge in [-0.2, -0.15) is 0 Å². The molecule has 0 aromatic heterocycles. The van der Waals surface area contributed by atoms with Crippen molar-refractivity contribution in [3.8, 4) is 0 Å². The number of anilines is 1. The van der Waals surface area contributed by atoms with Crippen molar-refractivity contribution in [3.05, 3.63) is 64.7 Å². The molecule has 0 unspecified atom stereocenters. The summed E-state index contributed by atoms with van der Waals surface area (Å²) in [5, 5.41) is 3.35. The van der Waals surface area contributed by atoms with E-state index in [1.807, 2.05) is 38.1 Å². The topological polar surface area (TPSA) is 86.8 Å². The molecule has 0 aliphatic heterocycles. The van der Waals surface area contributed by atoms with E-state index in [9.17, 15) is 18.0 Å². The van der Waals surface area contributed by atoms with E-state index in [2.05, 4.69) is 5.32 Å². The predicted molar refractivity (Wildman–Crippen MR) is 137 cm³/mol. The molecule has 1 atom stereocenters. The van der Waals surface area contributed by atoms with Crippen LogP contribution in [0.5, 0.6) is 0 Å². The van der Waals surface area contributed by atoms with Crippen LogP contribution in [0.15, 0.2) is 48.5 Å². The molecule has 0 saturated heterocycles. The Labute approximate surface area is 208 Å². The maximum Gasteiger partial charge on any atom is 0.242 e. The summed E-state index contributed by atoms with van der Waals surface area (Å²) in [6.07, 6.45) is 2.35. The molecule has 0 radical (unpaired) electrons. The molecule has 2 rings (SSSR count). The molecule has 0 aliphatic carbocycles. The van der Waals surface area contributed by atoms with Gasteiger partial charge in [-0.25, -0.2) is 8.42 Å². The summed E-state index contributed by atoms with van der Waals surface area (Å²) < 4.78 is 26.2. The number of rotatable bonds is 12. The summed E-state index contributed by atoms with van der Waals surface area (Å²) in [6.45, 7) is 6.37. The Morgan fingerprint density at radius 1 is 1.09 bits per heavy atom. The third-order valence-electron chi connectivity index (χ3n) is 5.55. The second kappa shape index (κ2) is 12.8. The predicted octanol–water partition coefficient (Wildman–Crippen LogP) is 4.14. The summed E-state index contributed by atoms with van der Waals surface area (Å²) >= 11 is 6.31. The molecule has 34 heavy (non-hydrogen) atoms. The number of carbonyl (C=O) groups is 2. The Kier molecular flexibility index (Phi) is 10.4. The molecule has 7 nitrogen and oxygen atoms in total. The van der Waals surface area contributed by atoms with Crippen LogP contribution in [0.2, 0.25) is 5.02 Å². The van der Waals surface area contributed by atoms with Crippen LogP contribution in [0, 0.1) is 6.92 Å². The van der Waals surface area contributed by atoms with Crippen molar-refractivity contribution in [1.82, 2.24) is 10.2 Å². The van der Waals surface area contributed by atoms with Gasteiger partial charge >= 0.3 is 0 Å². The minimum atomic E-state index is -3.53. The molecule has 0 bridgehead atoms. The van der Waals surface area contributed by atoms with Gasteiger partial charge in [0.05, 0.1) is 11.9 Å². The number of benzene rings is 2. The summed E-state index contributed by atoms with van der Waals surface area (Å²) in [5.74, 6) is -0.475. The van der Waals surface area contributed by atoms with Crippen molar-refractivity contribution in [2.24, 2.45) is 0 Å². The van der Waals surface area contributed by atoms with Crippen molar-refractivity contribution >= 4 is 39.1 Å². The standard InChI is InChI=1S/C25H34ClN3O4S/c1-5-16-27-25(31)20(3)28(18-21-12-7-8-13-22(21)26)24(30)15-10-17-29(34(4,32)33)23-14-9-6-11-19(23)2/h6-9,11-14,20H,5,10,15-18H2,1-4H3,(H,27,31)/t20-/m0/s1. The molecule has 0 saturated carbocycles. The molecule has 2 aromatic carbocycles. The molecule has 0 spiro atoms. The molecule has 1 N–H and O–H groups in total. The second-order valence-electron chi connectivity index (χ2n) is 8.31. The minimum absolute atomic E-state index is 0.0910. The van der Waals surface area contributed by atoms with Crippen molar-refractivity contribution in [1.29, 1.82) is 0 Å². The highest BCUT2D eigenvalue weighted by Crippen LogP contribution is 2.23. The van der Waals surface area contributed by atoms with Crippen molar-refractivity contribution in [2.45, 2.75) is 52.6 Å². The molecule has 0 aliphatic rings. The lowest BCUT2D eigenvalue weighted by Crippen LogP contribution is -2.48. The molecule has 0 fully saturated rings. The highest BCUT2D eigenvalue weighted by molar-refractivity contribution is 7.92. The van der Waals surface area contributed by atoms with Crippen LogP contribution in [-0.2, 0) is 26.2 Å². The van der Waals surface area contributed by atoms with Crippen LogP contribution in [0.4, 0.5) is 5.69 Å². The first-order valence-corrected chi connectivity index (χ1v) is 13.6. The van der Waals surface area contributed by atoms with Gasteiger partial charge in [0.15, 0.2) is 0 Å². The van der Waals surface area contributed by atoms with Gasteiger partial charge < -0.3 is 10.2 Å². The van der Waals surface area contributed by atoms with Crippen molar-refractivity contribution in [3.63, 3.8) is 0 Å². The summed E-state index contributed by atoms with van der Waals surface area (Å²) in [6, 6.07) is 13.7. The molecular weight excluding hydrogens is 474 g/mol. The average molecular weight is 508 g/mol. The SMILES string of the molecule is CCCNC(=O)[C@H](C)N(Cc1ccccc1Cl)C(=O)CCCN(c1ccccc1C)S(C)(=O)=O. The number of amides is 2. The van der Waals surface area contributed by atoms with E-state index < -0.39 is 16.1 Å². The number of carbonyl (C=O) groups excluding carboxylic acids is 2. The zero-order chi connectivity index (χ0) is 25.3. The van der Waals surface area contributed by atoms with Crippen molar-refractivity contribution in [2.75, 3.05) is 23.7 Å². The molecular formula is C25H34ClN3O4S. The van der Waals surface area contributed by atoms with Crippen LogP contribution in [0.1, 0.15) is 44.2 Å². The maximum absolute atomic E-state index is 13.2. The van der Waals surface area contributed by atoms with Gasteiger partial charge in [-0.05, 0) is 49.9 Å². The lowest BCUT2D eigenvalue weighted by Gasteiger charge is -2.30. The summed E-state index contributed by atoms with van der Waals surface area (Å²) in [4.78, 5) is 27.4. The van der Waals surface area contributed by atoms with Gasteiger partial charge in [0, 0.05) is 31.1 Å². The lowest BCUT2D eigenvalue weighted by atomic mass is 10.1. The highest BCUT2D eigenvalue weighted by atomic mass is 35.5. The Balaban J connectivity index is 2.17. The minimum Gasteiger partial charge on any atom is -0.354 e. The van der Waals surface area contributed by atoms with Crippen LogP contribution >= 0.6 is 11.6 Å². The zero-order valence-corrected chi connectivity index (χ0v) is 21.8. The quantitative estimate of drug-likeness (QED) is 0.467. The van der Waals surface area contributed by atoms with E-state index >= 15 is 0 Å². The third-order valence-corrected chi connectivity index (χ3v) is 7.10. The van der Waals surface area contributed by atoms with Crippen LogP contribution < -0.4 is 9.62 Å². The highest BCUT2D eigenvalue weighted by Gasteiger charge is 2.27. The maximum atomic E-state index is 13.2. The lowest BCUT2D eigenvalue weighted by molar-refractivity contribution is -0.140. The third kappa shape index (κ3) is 7.74. The van der Waals surface area contributed by atoms with Crippen LogP contribution in [0.3, 0.4) is 0 Å². The normalized spacial score (nSPS) is 12.1. The largest absolute Gasteiger partial charge is 0.354 e. The number of halogens is 1. The monoisotopic (exact) mass is 507 g/mol. The number of nitrogens with zero attached hydrogens (tertiary/aromatic N) is 2. The molecule has 2 aromatic rings. The number of hydrogen-bond acceptors (Lipinski definition) is 4. The fraction of sp³-hybridized carbons (Fsp3) is 0.440. The fourth-order valence-corrected chi connectivity index (χ4v) is 4.83. The van der Waals surface area contributed by atoms with Gasteiger partial charge in [0.25, 0.3) is 0 Å². The van der Waals surface area contributed by atoms with Gasteiger partial charge in [-0.15, -0.1) is 0 Å². The number of nitrogens with one attached hydrogen (secondary N) is 1. The molecule has 2 amide bonds. The average Bonchev–Trinajstić information content (AvgIpc) is 2.79. The Morgan fingerprint density at radius 2 is 1.74 bits per heavy atom. The van der Waals surface area contributed by atoms with Gasteiger partial charge in [-0.3, -0.25) is 13.9 Å². The number of hydrogen-bond donors (Lipinski definition) is 1. The van der Waals surface area contributed by atoms with Gasteiger partial charge in [0.1, 0.15) is 6.04 Å². The first-order valence-electron chi connectivity index (χ1n) is 11.4. The smallest absolute Gasteiger partial charge is 0.242 e. The van der Waals surface area contributed by atoms with E-state index in [1.54, 1.807) is 31.2 Å². The molecule has 186 valence electrons. The Morgan fingerprint density at radius 3 is 2.35 bits per heavy atom. The number of para-hydroxylation sites is 1. The van der Waals surface area contributed by atoms with E-state index in [0.717, 1.165) is 23.8 Å². The zero-order valence-electron chi connectivity index (χ0n) is 20.3.